The van der Waals surface area contributed by atoms with Crippen molar-refractivity contribution in [1.82, 2.24) is 10.0 Å². The zero-order valence-corrected chi connectivity index (χ0v) is 16.4. The van der Waals surface area contributed by atoms with Crippen molar-refractivity contribution in [1.29, 1.82) is 0 Å². The molecule has 2 fully saturated rings. The van der Waals surface area contributed by atoms with Gasteiger partial charge in [-0.15, -0.1) is 0 Å². The molecule has 1 aliphatic carbocycles. The fourth-order valence-electron chi connectivity index (χ4n) is 3.76. The Balaban J connectivity index is 1.56. The molecule has 8 heteroatoms. The standard InChI is InChI=1S/C19H27N3O4S/c1-14-5-2-3-6-17(14)21-18(23)13-20-27(25,26)16-10-8-15(9-11-16)22-12-4-7-19(22)24/h8-11,14,17,20H,2-7,12-13H2,1H3,(H,21,23)/t14-,17+/m1/s1. The van der Waals surface area contributed by atoms with Gasteiger partial charge in [0, 0.05) is 24.7 Å². The van der Waals surface area contributed by atoms with E-state index in [1.165, 1.54) is 18.6 Å². The molecule has 1 saturated heterocycles. The fraction of sp³-hybridized carbons (Fsp3) is 0.579. The largest absolute Gasteiger partial charge is 0.352 e. The molecule has 0 bridgehead atoms. The van der Waals surface area contributed by atoms with Crippen LogP contribution in [-0.2, 0) is 19.6 Å². The van der Waals surface area contributed by atoms with Gasteiger partial charge in [-0.3, -0.25) is 9.59 Å². The van der Waals surface area contributed by atoms with Crippen molar-refractivity contribution in [3.05, 3.63) is 24.3 Å². The molecule has 1 aromatic rings. The number of anilines is 1. The predicted molar refractivity (Wildman–Crippen MR) is 103 cm³/mol. The average molecular weight is 394 g/mol. The summed E-state index contributed by atoms with van der Waals surface area (Å²) in [7, 11) is -3.78. The van der Waals surface area contributed by atoms with Gasteiger partial charge in [-0.2, -0.15) is 0 Å². The van der Waals surface area contributed by atoms with Gasteiger partial charge in [-0.05, 0) is 49.4 Å². The summed E-state index contributed by atoms with van der Waals surface area (Å²) < 4.78 is 27.2. The maximum Gasteiger partial charge on any atom is 0.241 e. The van der Waals surface area contributed by atoms with Crippen LogP contribution in [0.4, 0.5) is 5.69 Å². The van der Waals surface area contributed by atoms with Crippen molar-refractivity contribution in [3.8, 4) is 0 Å². The third kappa shape index (κ3) is 4.87. The first-order valence-corrected chi connectivity index (χ1v) is 11.0. The highest BCUT2D eigenvalue weighted by Crippen LogP contribution is 2.24. The summed E-state index contributed by atoms with van der Waals surface area (Å²) in [5.41, 5.74) is 0.695. The van der Waals surface area contributed by atoms with Gasteiger partial charge < -0.3 is 10.2 Å². The van der Waals surface area contributed by atoms with Crippen LogP contribution in [0.15, 0.2) is 29.2 Å². The molecular weight excluding hydrogens is 366 g/mol. The van der Waals surface area contributed by atoms with Gasteiger partial charge >= 0.3 is 0 Å². The van der Waals surface area contributed by atoms with Gasteiger partial charge in [-0.25, -0.2) is 13.1 Å². The van der Waals surface area contributed by atoms with E-state index in [-0.39, 0.29) is 29.3 Å². The molecule has 0 aromatic heterocycles. The number of benzene rings is 1. The minimum atomic E-state index is -3.78. The Kier molecular flexibility index (Phi) is 6.16. The van der Waals surface area contributed by atoms with Crippen molar-refractivity contribution < 1.29 is 18.0 Å². The van der Waals surface area contributed by atoms with Crippen LogP contribution >= 0.6 is 0 Å². The summed E-state index contributed by atoms with van der Waals surface area (Å²) in [5.74, 6) is 0.161. The predicted octanol–water partition coefficient (Wildman–Crippen LogP) is 1.79. The number of rotatable bonds is 6. The third-order valence-electron chi connectivity index (χ3n) is 5.41. The van der Waals surface area contributed by atoms with Crippen molar-refractivity contribution >= 4 is 27.5 Å². The van der Waals surface area contributed by atoms with Crippen LogP contribution in [0.2, 0.25) is 0 Å². The highest BCUT2D eigenvalue weighted by molar-refractivity contribution is 7.89. The van der Waals surface area contributed by atoms with Crippen molar-refractivity contribution in [3.63, 3.8) is 0 Å². The molecular formula is C19H27N3O4S. The second kappa shape index (κ2) is 8.39. The van der Waals surface area contributed by atoms with Crippen LogP contribution in [0.25, 0.3) is 0 Å². The molecule has 1 aliphatic heterocycles. The molecule has 1 aromatic carbocycles. The normalized spacial score (nSPS) is 23.4. The van der Waals surface area contributed by atoms with E-state index in [0.717, 1.165) is 25.7 Å². The quantitative estimate of drug-likeness (QED) is 0.770. The zero-order valence-electron chi connectivity index (χ0n) is 15.6. The molecule has 1 heterocycles. The number of nitrogens with one attached hydrogen (secondary N) is 2. The smallest absolute Gasteiger partial charge is 0.241 e. The lowest BCUT2D eigenvalue weighted by Crippen LogP contribution is -2.45. The summed E-state index contributed by atoms with van der Waals surface area (Å²) in [6.45, 7) is 2.49. The van der Waals surface area contributed by atoms with Gasteiger partial charge in [-0.1, -0.05) is 19.8 Å². The number of sulfonamides is 1. The number of amides is 2. The fourth-order valence-corrected chi connectivity index (χ4v) is 4.74. The van der Waals surface area contributed by atoms with Crippen LogP contribution in [0, 0.1) is 5.92 Å². The SMILES string of the molecule is C[C@@H]1CCCC[C@@H]1NC(=O)CNS(=O)(=O)c1ccc(N2CCCC2=O)cc1. The summed E-state index contributed by atoms with van der Waals surface area (Å²) in [6.07, 6.45) is 5.64. The van der Waals surface area contributed by atoms with Gasteiger partial charge in [0.15, 0.2) is 0 Å². The lowest BCUT2D eigenvalue weighted by atomic mass is 9.86. The Hall–Kier alpha value is -1.93. The third-order valence-corrected chi connectivity index (χ3v) is 6.83. The number of carbonyl (C=O) groups is 2. The summed E-state index contributed by atoms with van der Waals surface area (Å²) in [5, 5.41) is 2.93. The molecule has 148 valence electrons. The summed E-state index contributed by atoms with van der Waals surface area (Å²) in [6, 6.07) is 6.30. The summed E-state index contributed by atoms with van der Waals surface area (Å²) in [4.78, 5) is 25.6. The monoisotopic (exact) mass is 393 g/mol. The molecule has 0 unspecified atom stereocenters. The Morgan fingerprint density at radius 3 is 2.48 bits per heavy atom. The first-order valence-electron chi connectivity index (χ1n) is 9.56. The molecule has 0 spiro atoms. The van der Waals surface area contributed by atoms with E-state index < -0.39 is 10.0 Å². The molecule has 0 radical (unpaired) electrons. The van der Waals surface area contributed by atoms with Crippen LogP contribution in [-0.4, -0.2) is 39.4 Å². The lowest BCUT2D eigenvalue weighted by molar-refractivity contribution is -0.121. The average Bonchev–Trinajstić information content (AvgIpc) is 3.08. The first-order chi connectivity index (χ1) is 12.9. The van der Waals surface area contributed by atoms with Crippen molar-refractivity contribution in [2.24, 2.45) is 5.92 Å². The molecule has 7 nitrogen and oxygen atoms in total. The molecule has 27 heavy (non-hydrogen) atoms. The van der Waals surface area contributed by atoms with Crippen molar-refractivity contribution in [2.75, 3.05) is 18.0 Å². The second-order valence-corrected chi connectivity index (χ2v) is 9.17. The maximum absolute atomic E-state index is 12.4. The first kappa shape index (κ1) is 19.8. The Morgan fingerprint density at radius 2 is 1.85 bits per heavy atom. The van der Waals surface area contributed by atoms with E-state index in [1.54, 1.807) is 17.0 Å². The maximum atomic E-state index is 12.4. The molecule has 2 aliphatic rings. The van der Waals surface area contributed by atoms with Crippen LogP contribution < -0.4 is 14.9 Å². The van der Waals surface area contributed by atoms with E-state index in [2.05, 4.69) is 17.0 Å². The molecule has 1 saturated carbocycles. The van der Waals surface area contributed by atoms with Gasteiger partial charge in [0.25, 0.3) is 0 Å². The highest BCUT2D eigenvalue weighted by Gasteiger charge is 2.24. The number of carbonyl (C=O) groups excluding carboxylic acids is 2. The molecule has 3 rings (SSSR count). The van der Waals surface area contributed by atoms with Crippen LogP contribution in [0.3, 0.4) is 0 Å². The van der Waals surface area contributed by atoms with E-state index in [1.807, 2.05) is 0 Å². The second-order valence-electron chi connectivity index (χ2n) is 7.40. The van der Waals surface area contributed by atoms with E-state index in [9.17, 15) is 18.0 Å². The topological polar surface area (TPSA) is 95.6 Å². The van der Waals surface area contributed by atoms with E-state index in [0.29, 0.717) is 24.6 Å². The Labute approximate surface area is 160 Å². The number of hydrogen-bond acceptors (Lipinski definition) is 4. The molecule has 2 N–H and O–H groups in total. The minimum absolute atomic E-state index is 0.0531. The van der Waals surface area contributed by atoms with Crippen LogP contribution in [0.1, 0.15) is 45.4 Å². The zero-order chi connectivity index (χ0) is 19.4. The number of nitrogens with zero attached hydrogens (tertiary/aromatic N) is 1. The molecule has 2 amide bonds. The van der Waals surface area contributed by atoms with Gasteiger partial charge in [0.2, 0.25) is 21.8 Å². The number of hydrogen-bond donors (Lipinski definition) is 2. The minimum Gasteiger partial charge on any atom is -0.352 e. The van der Waals surface area contributed by atoms with Gasteiger partial charge in [0.05, 0.1) is 11.4 Å². The van der Waals surface area contributed by atoms with Crippen LogP contribution in [0.5, 0.6) is 0 Å². The van der Waals surface area contributed by atoms with E-state index >= 15 is 0 Å². The van der Waals surface area contributed by atoms with Crippen molar-refractivity contribution in [2.45, 2.75) is 56.4 Å². The summed E-state index contributed by atoms with van der Waals surface area (Å²) >= 11 is 0. The van der Waals surface area contributed by atoms with E-state index in [4.69, 9.17) is 0 Å². The Bertz CT molecular complexity index is 792. The van der Waals surface area contributed by atoms with Gasteiger partial charge in [0.1, 0.15) is 0 Å². The molecule has 2 atom stereocenters. The Morgan fingerprint density at radius 1 is 1.15 bits per heavy atom. The highest BCUT2D eigenvalue weighted by atomic mass is 32.2. The lowest BCUT2D eigenvalue weighted by Gasteiger charge is -2.29.